The second-order valence-corrected chi connectivity index (χ2v) is 8.29. The summed E-state index contributed by atoms with van der Waals surface area (Å²) in [5.74, 6) is 3.72. The van der Waals surface area contributed by atoms with E-state index in [1.165, 1.54) is 19.2 Å². The second-order valence-electron chi connectivity index (χ2n) is 8.29. The Morgan fingerprint density at radius 2 is 1.72 bits per heavy atom. The zero-order valence-corrected chi connectivity index (χ0v) is 20.8. The number of carbonyl (C=O) groups is 2. The number of hydrogen-bond acceptors (Lipinski definition) is 5. The van der Waals surface area contributed by atoms with Gasteiger partial charge in [-0.15, -0.1) is 0 Å². The lowest BCUT2D eigenvalue weighted by Gasteiger charge is -2.18. The Morgan fingerprint density at radius 1 is 1.03 bits per heavy atom. The van der Waals surface area contributed by atoms with Crippen molar-refractivity contribution in [3.05, 3.63) is 94.8 Å². The number of amides is 1. The van der Waals surface area contributed by atoms with Gasteiger partial charge >= 0.3 is 0 Å². The van der Waals surface area contributed by atoms with Crippen molar-refractivity contribution in [2.24, 2.45) is 0 Å². The first-order valence-corrected chi connectivity index (χ1v) is 11.4. The summed E-state index contributed by atoms with van der Waals surface area (Å²) >= 11 is 0. The van der Waals surface area contributed by atoms with Crippen LogP contribution in [0.1, 0.15) is 22.3 Å². The van der Waals surface area contributed by atoms with E-state index in [1.54, 1.807) is 7.05 Å². The lowest BCUT2D eigenvalue weighted by atomic mass is 9.96. The summed E-state index contributed by atoms with van der Waals surface area (Å²) in [6.07, 6.45) is 0.710. The maximum absolute atomic E-state index is 15.0. The van der Waals surface area contributed by atoms with Crippen LogP contribution in [0.2, 0.25) is 0 Å². The van der Waals surface area contributed by atoms with E-state index in [0.717, 1.165) is 23.4 Å². The summed E-state index contributed by atoms with van der Waals surface area (Å²) in [6.45, 7) is 0.807. The quantitative estimate of drug-likeness (QED) is 0.193. The topological polar surface area (TPSA) is 73.5 Å². The van der Waals surface area contributed by atoms with Gasteiger partial charge in [0.2, 0.25) is 0 Å². The van der Waals surface area contributed by atoms with E-state index in [9.17, 15) is 9.59 Å². The molecule has 0 atom stereocenters. The molecule has 7 heteroatoms. The first kappa shape index (κ1) is 26.2. The van der Waals surface area contributed by atoms with Gasteiger partial charge in [0.15, 0.2) is 6.29 Å². The summed E-state index contributed by atoms with van der Waals surface area (Å²) in [5, 5.41) is 8.75. The van der Waals surface area contributed by atoms with Crippen LogP contribution in [-0.2, 0) is 16.1 Å². The van der Waals surface area contributed by atoms with Gasteiger partial charge in [0.05, 0.1) is 11.3 Å². The highest BCUT2D eigenvalue weighted by atomic mass is 19.1. The highest BCUT2D eigenvalue weighted by Gasteiger charge is 2.18. The molecule has 0 saturated heterocycles. The predicted octanol–water partition coefficient (Wildman–Crippen LogP) is 4.21. The van der Waals surface area contributed by atoms with Crippen LogP contribution in [0.15, 0.2) is 66.7 Å². The molecular formula is C29H29FN4O2. The molecule has 184 valence electrons. The SMILES string of the molecule is CNC(=O)C#Cc1cc(NC)c(/C(C=O)=C(/Nc2ccc(CN(C)C)cc2)c2ccccc2)cc1F. The molecule has 3 aromatic carbocycles. The molecule has 0 aliphatic heterocycles. The van der Waals surface area contributed by atoms with E-state index in [1.807, 2.05) is 68.7 Å². The van der Waals surface area contributed by atoms with Gasteiger partial charge in [-0.25, -0.2) is 4.39 Å². The van der Waals surface area contributed by atoms with E-state index in [-0.39, 0.29) is 11.1 Å². The highest BCUT2D eigenvalue weighted by Crippen LogP contribution is 2.32. The summed E-state index contributed by atoms with van der Waals surface area (Å²) in [4.78, 5) is 26.0. The lowest BCUT2D eigenvalue weighted by molar-refractivity contribution is -0.115. The molecule has 0 unspecified atom stereocenters. The third-order valence-corrected chi connectivity index (χ3v) is 5.38. The second kappa shape index (κ2) is 12.3. The highest BCUT2D eigenvalue weighted by molar-refractivity contribution is 6.20. The number of hydrogen-bond donors (Lipinski definition) is 3. The number of halogens is 1. The number of carbonyl (C=O) groups excluding carboxylic acids is 2. The van der Waals surface area contributed by atoms with Crippen LogP contribution in [0.4, 0.5) is 15.8 Å². The summed E-state index contributed by atoms with van der Waals surface area (Å²) < 4.78 is 15.0. The molecule has 3 aromatic rings. The summed E-state index contributed by atoms with van der Waals surface area (Å²) in [7, 11) is 7.14. The van der Waals surface area contributed by atoms with Crippen molar-refractivity contribution in [2.45, 2.75) is 6.54 Å². The molecule has 0 fully saturated rings. The van der Waals surface area contributed by atoms with Gasteiger partial charge in [-0.05, 0) is 49.5 Å². The zero-order chi connectivity index (χ0) is 26.1. The van der Waals surface area contributed by atoms with Gasteiger partial charge in [-0.1, -0.05) is 48.4 Å². The fraction of sp³-hybridized carbons (Fsp3) is 0.172. The third-order valence-electron chi connectivity index (χ3n) is 5.38. The van der Waals surface area contributed by atoms with Crippen LogP contribution in [0.5, 0.6) is 0 Å². The summed E-state index contributed by atoms with van der Waals surface area (Å²) in [5.41, 5.74) is 4.42. The molecule has 6 nitrogen and oxygen atoms in total. The fourth-order valence-electron chi connectivity index (χ4n) is 3.65. The van der Waals surface area contributed by atoms with Crippen LogP contribution in [0, 0.1) is 17.7 Å². The maximum atomic E-state index is 15.0. The fourth-order valence-corrected chi connectivity index (χ4v) is 3.65. The van der Waals surface area contributed by atoms with Crippen molar-refractivity contribution in [2.75, 3.05) is 38.8 Å². The number of nitrogens with zero attached hydrogens (tertiary/aromatic N) is 1. The van der Waals surface area contributed by atoms with E-state index in [4.69, 9.17) is 0 Å². The number of allylic oxidation sites excluding steroid dienone is 1. The smallest absolute Gasteiger partial charge is 0.295 e. The largest absolute Gasteiger partial charge is 0.388 e. The Balaban J connectivity index is 2.14. The third kappa shape index (κ3) is 6.59. The molecule has 36 heavy (non-hydrogen) atoms. The average Bonchev–Trinajstić information content (AvgIpc) is 2.89. The van der Waals surface area contributed by atoms with Gasteiger partial charge in [0.25, 0.3) is 5.91 Å². The molecule has 0 aromatic heterocycles. The predicted molar refractivity (Wildman–Crippen MR) is 144 cm³/mol. The van der Waals surface area contributed by atoms with Crippen molar-refractivity contribution in [1.29, 1.82) is 0 Å². The van der Waals surface area contributed by atoms with Crippen molar-refractivity contribution in [3.63, 3.8) is 0 Å². The van der Waals surface area contributed by atoms with Crippen molar-refractivity contribution in [3.8, 4) is 11.8 Å². The monoisotopic (exact) mass is 484 g/mol. The molecule has 0 bridgehead atoms. The van der Waals surface area contributed by atoms with E-state index in [2.05, 4.69) is 32.7 Å². The normalized spacial score (nSPS) is 11.2. The van der Waals surface area contributed by atoms with Crippen LogP contribution in [0.25, 0.3) is 11.3 Å². The van der Waals surface area contributed by atoms with Gasteiger partial charge in [-0.2, -0.15) is 0 Å². The molecule has 0 saturated carbocycles. The van der Waals surface area contributed by atoms with E-state index >= 15 is 4.39 Å². The average molecular weight is 485 g/mol. The Bertz CT molecular complexity index is 1320. The van der Waals surface area contributed by atoms with Crippen LogP contribution in [-0.4, -0.2) is 45.3 Å². The molecule has 0 radical (unpaired) electrons. The molecule has 0 aliphatic rings. The Kier molecular flexibility index (Phi) is 8.98. The van der Waals surface area contributed by atoms with Gasteiger partial charge in [0.1, 0.15) is 5.82 Å². The number of anilines is 2. The molecule has 0 aliphatic carbocycles. The zero-order valence-electron chi connectivity index (χ0n) is 20.8. The van der Waals surface area contributed by atoms with E-state index in [0.29, 0.717) is 23.2 Å². The van der Waals surface area contributed by atoms with Crippen molar-refractivity contribution in [1.82, 2.24) is 10.2 Å². The Labute approximate surface area is 211 Å². The minimum absolute atomic E-state index is 0.0441. The molecule has 1 amide bonds. The Morgan fingerprint density at radius 3 is 2.31 bits per heavy atom. The van der Waals surface area contributed by atoms with Crippen molar-refractivity contribution >= 4 is 34.8 Å². The van der Waals surface area contributed by atoms with Gasteiger partial charge in [-0.3, -0.25) is 9.59 Å². The summed E-state index contributed by atoms with van der Waals surface area (Å²) in [6, 6.07) is 20.1. The first-order valence-electron chi connectivity index (χ1n) is 11.4. The molecular weight excluding hydrogens is 455 g/mol. The van der Waals surface area contributed by atoms with Gasteiger partial charge < -0.3 is 20.9 Å². The van der Waals surface area contributed by atoms with Crippen molar-refractivity contribution < 1.29 is 14.0 Å². The lowest BCUT2D eigenvalue weighted by Crippen LogP contribution is -2.14. The molecule has 0 heterocycles. The number of aldehydes is 1. The molecule has 3 rings (SSSR count). The van der Waals surface area contributed by atoms with E-state index < -0.39 is 11.7 Å². The van der Waals surface area contributed by atoms with Gasteiger partial charge in [0, 0.05) is 49.1 Å². The minimum Gasteiger partial charge on any atom is -0.388 e. The number of benzene rings is 3. The maximum Gasteiger partial charge on any atom is 0.295 e. The molecule has 3 N–H and O–H groups in total. The standard InChI is InChI=1S/C29H29FN4O2/c1-31-27-16-22(12-15-28(36)32-2)26(30)17-24(27)25(19-35)29(21-8-6-5-7-9-21)33-23-13-10-20(11-14-23)18-34(3)4/h5-11,13-14,16-17,19,31,33H,18H2,1-4H3,(H,32,36)/b29-25+. The van der Waals surface area contributed by atoms with Crippen LogP contribution >= 0.6 is 0 Å². The van der Waals surface area contributed by atoms with Crippen LogP contribution in [0.3, 0.4) is 0 Å². The Hall–Kier alpha value is -4.41. The number of nitrogens with one attached hydrogen (secondary N) is 3. The van der Waals surface area contributed by atoms with Crippen LogP contribution < -0.4 is 16.0 Å². The molecule has 0 spiro atoms. The first-order chi connectivity index (χ1) is 17.4. The minimum atomic E-state index is -0.639. The number of rotatable bonds is 8.